The molecule has 1 heterocycles. The number of oxazole rings is 1. The Labute approximate surface area is 71.4 Å². The van der Waals surface area contributed by atoms with Gasteiger partial charge in [0.05, 0.1) is 12.1 Å². The van der Waals surface area contributed by atoms with Gasteiger partial charge in [0.25, 0.3) is 0 Å². The fourth-order valence-electron chi connectivity index (χ4n) is 0.274. The largest absolute Gasteiger partial charge is 0.532 e. The van der Waals surface area contributed by atoms with Crippen molar-refractivity contribution < 1.29 is 41.9 Å². The molecule has 8 heavy (non-hydrogen) atoms. The summed E-state index contributed by atoms with van der Waals surface area (Å²) in [5.74, 6) is 0.000000000000000444. The summed E-state index contributed by atoms with van der Waals surface area (Å²) in [5, 5.41) is 0. The summed E-state index contributed by atoms with van der Waals surface area (Å²) in [6.07, 6.45) is 4.19. The minimum absolute atomic E-state index is 0. The molecule has 4 heteroatoms. The third kappa shape index (κ3) is 1.84. The fourth-order valence-corrected chi connectivity index (χ4v) is 0.274. The van der Waals surface area contributed by atoms with Gasteiger partial charge in [-0.25, -0.2) is 0 Å². The minimum Gasteiger partial charge on any atom is -0.532 e. The minimum atomic E-state index is 0. The van der Waals surface area contributed by atoms with Gasteiger partial charge in [0.2, 0.25) is 0 Å². The van der Waals surface area contributed by atoms with Crippen molar-refractivity contribution in [2.24, 2.45) is 0 Å². The van der Waals surface area contributed by atoms with Crippen molar-refractivity contribution in [3.05, 3.63) is 18.4 Å². The van der Waals surface area contributed by atoms with Crippen LogP contribution in [0.5, 0.6) is 0 Å². The second-order valence-electron chi connectivity index (χ2n) is 0.939. The standard InChI is InChI=1S/C4H2NO2.Y/c6-3-4-5-1-2-7-4;/h1-2H;/q-1;. The quantitative estimate of drug-likeness (QED) is 0.584. The summed E-state index contributed by atoms with van der Waals surface area (Å²) in [6, 6.07) is 0. The van der Waals surface area contributed by atoms with Crippen LogP contribution in [0.2, 0.25) is 0 Å². The number of nitrogens with zero attached hydrogens (tertiary/aromatic N) is 1. The molecule has 0 bridgehead atoms. The Bertz CT molecular complexity index is 149. The molecule has 0 saturated heterocycles. The van der Waals surface area contributed by atoms with E-state index in [1.807, 2.05) is 0 Å². The molecule has 3 nitrogen and oxygen atoms in total. The molecule has 1 aromatic heterocycles. The van der Waals surface area contributed by atoms with Gasteiger partial charge in [0, 0.05) is 32.7 Å². The maximum Gasteiger partial charge on any atom is 0.107 e. The van der Waals surface area contributed by atoms with Gasteiger partial charge < -0.3 is 9.21 Å². The smallest absolute Gasteiger partial charge is 0.107 e. The Balaban J connectivity index is 0.000000490. The van der Waals surface area contributed by atoms with Crippen LogP contribution in [-0.2, 0) is 37.5 Å². The molecule has 0 unspecified atom stereocenters. The van der Waals surface area contributed by atoms with Gasteiger partial charge in [0.1, 0.15) is 6.26 Å². The second-order valence-corrected chi connectivity index (χ2v) is 0.939. The van der Waals surface area contributed by atoms with Crippen LogP contribution >= 0.6 is 0 Å². The van der Waals surface area contributed by atoms with E-state index in [1.54, 1.807) is 0 Å². The molecule has 0 aliphatic carbocycles. The van der Waals surface area contributed by atoms with E-state index in [0.717, 1.165) is 0 Å². The maximum atomic E-state index is 9.59. The van der Waals surface area contributed by atoms with Crippen LogP contribution in [0.1, 0.15) is 5.89 Å². The number of hydrogen-bond donors (Lipinski definition) is 0. The zero-order valence-electron chi connectivity index (χ0n) is 4.00. The molecule has 0 atom stereocenters. The summed E-state index contributed by atoms with van der Waals surface area (Å²) in [7, 11) is 0. The van der Waals surface area contributed by atoms with Gasteiger partial charge in [-0.1, -0.05) is 0 Å². The van der Waals surface area contributed by atoms with Gasteiger partial charge in [0.15, 0.2) is 0 Å². The number of carbonyl (C=O) groups excluding carboxylic acids is 1. The third-order valence-corrected chi connectivity index (χ3v) is 0.520. The molecule has 0 saturated carbocycles. The van der Waals surface area contributed by atoms with E-state index in [2.05, 4.69) is 9.40 Å². The monoisotopic (exact) mass is 185 g/mol. The predicted molar refractivity (Wildman–Crippen MR) is 21.3 cm³/mol. The van der Waals surface area contributed by atoms with Crippen molar-refractivity contribution >= 4 is 6.29 Å². The van der Waals surface area contributed by atoms with Crippen LogP contribution in [0.4, 0.5) is 0 Å². The molecule has 0 aromatic carbocycles. The van der Waals surface area contributed by atoms with Crippen LogP contribution in [-0.4, -0.2) is 11.3 Å². The summed E-state index contributed by atoms with van der Waals surface area (Å²) in [4.78, 5) is 13.0. The molecule has 0 aliphatic rings. The van der Waals surface area contributed by atoms with Crippen molar-refractivity contribution in [1.29, 1.82) is 0 Å². The van der Waals surface area contributed by atoms with Crippen molar-refractivity contribution in [1.82, 2.24) is 4.98 Å². The second kappa shape index (κ2) is 3.92. The molecule has 1 radical (unpaired) electrons. The van der Waals surface area contributed by atoms with Crippen molar-refractivity contribution in [3.8, 4) is 0 Å². The molecule has 1 aromatic rings. The third-order valence-electron chi connectivity index (χ3n) is 0.520. The Morgan fingerprint density at radius 2 is 2.50 bits per heavy atom. The normalized spacial score (nSPS) is 7.50. The van der Waals surface area contributed by atoms with Gasteiger partial charge in [-0.05, 0) is 0 Å². The average molecular weight is 185 g/mol. The first-order valence-corrected chi connectivity index (χ1v) is 1.71. The van der Waals surface area contributed by atoms with E-state index in [1.165, 1.54) is 18.7 Å². The van der Waals surface area contributed by atoms with Crippen LogP contribution < -0.4 is 0 Å². The SMILES string of the molecule is O=[C-]c1ncco1.[Y]. The van der Waals surface area contributed by atoms with E-state index in [4.69, 9.17) is 0 Å². The molecule has 0 aliphatic heterocycles. The van der Waals surface area contributed by atoms with Crippen LogP contribution in [0.25, 0.3) is 0 Å². The zero-order chi connectivity index (χ0) is 5.11. The van der Waals surface area contributed by atoms with Gasteiger partial charge in [-0.15, -0.1) is 0 Å². The summed E-state index contributed by atoms with van der Waals surface area (Å²) < 4.78 is 4.45. The van der Waals surface area contributed by atoms with Crippen LogP contribution in [0, 0.1) is 0 Å². The molecule has 39 valence electrons. The van der Waals surface area contributed by atoms with Crippen molar-refractivity contribution in [2.45, 2.75) is 0 Å². The van der Waals surface area contributed by atoms with Gasteiger partial charge in [-0.2, -0.15) is 6.29 Å². The molecule has 0 fully saturated rings. The molecule has 0 spiro atoms. The average Bonchev–Trinajstić information content (AvgIpc) is 2.14. The number of hydrogen-bond acceptors (Lipinski definition) is 3. The topological polar surface area (TPSA) is 43.1 Å². The van der Waals surface area contributed by atoms with Crippen molar-refractivity contribution in [3.63, 3.8) is 0 Å². The first kappa shape index (κ1) is 7.98. The Morgan fingerprint density at radius 1 is 1.75 bits per heavy atom. The first-order chi connectivity index (χ1) is 3.43. The summed E-state index contributed by atoms with van der Waals surface area (Å²) in [5.41, 5.74) is 0. The van der Waals surface area contributed by atoms with E-state index in [9.17, 15) is 4.79 Å². The van der Waals surface area contributed by atoms with E-state index in [-0.39, 0.29) is 38.6 Å². The molecular weight excluding hydrogens is 183 g/mol. The first-order valence-electron chi connectivity index (χ1n) is 1.71. The van der Waals surface area contributed by atoms with E-state index < -0.39 is 0 Å². The molecule has 0 N–H and O–H groups in total. The predicted octanol–water partition coefficient (Wildman–Crippen LogP) is 0.130. The number of aromatic nitrogens is 1. The molecular formula is C4H2NO2Y-. The van der Waals surface area contributed by atoms with Gasteiger partial charge in [-0.3, -0.25) is 4.98 Å². The number of rotatable bonds is 1. The molecule has 0 amide bonds. The zero-order valence-corrected chi connectivity index (χ0v) is 6.83. The Hall–Kier alpha value is -0.0161. The van der Waals surface area contributed by atoms with E-state index in [0.29, 0.717) is 0 Å². The summed E-state index contributed by atoms with van der Waals surface area (Å²) >= 11 is 0. The Morgan fingerprint density at radius 3 is 2.75 bits per heavy atom. The fraction of sp³-hybridized carbons (Fsp3) is 0. The maximum absolute atomic E-state index is 9.59. The van der Waals surface area contributed by atoms with Gasteiger partial charge >= 0.3 is 0 Å². The Kier molecular flexibility index (Phi) is 3.92. The van der Waals surface area contributed by atoms with Crippen LogP contribution in [0.3, 0.4) is 0 Å². The van der Waals surface area contributed by atoms with E-state index >= 15 is 0 Å². The van der Waals surface area contributed by atoms with Crippen LogP contribution in [0.15, 0.2) is 16.9 Å². The van der Waals surface area contributed by atoms with Crippen molar-refractivity contribution in [2.75, 3.05) is 0 Å². The molecule has 1 rings (SSSR count). The summed E-state index contributed by atoms with van der Waals surface area (Å²) in [6.45, 7) is 0.